The zero-order valence-corrected chi connectivity index (χ0v) is 12.3. The van der Waals surface area contributed by atoms with Crippen LogP contribution in [0.2, 0.25) is 0 Å². The highest BCUT2D eigenvalue weighted by atomic mass is 32.2. The number of amides is 3. The highest BCUT2D eigenvalue weighted by Crippen LogP contribution is 2.17. The molecule has 0 aromatic heterocycles. The van der Waals surface area contributed by atoms with Crippen molar-refractivity contribution in [3.63, 3.8) is 0 Å². The molecule has 0 aliphatic heterocycles. The van der Waals surface area contributed by atoms with Crippen LogP contribution in [-0.4, -0.2) is 35.1 Å². The molecule has 0 aliphatic carbocycles. The lowest BCUT2D eigenvalue weighted by Crippen LogP contribution is -2.40. The molecule has 0 heterocycles. The van der Waals surface area contributed by atoms with E-state index in [-0.39, 0.29) is 11.7 Å². The van der Waals surface area contributed by atoms with Crippen molar-refractivity contribution >= 4 is 23.7 Å². The van der Waals surface area contributed by atoms with Crippen molar-refractivity contribution < 1.29 is 14.7 Å². The second kappa shape index (κ2) is 9.39. The van der Waals surface area contributed by atoms with Crippen LogP contribution in [0.5, 0.6) is 0 Å². The standard InChI is InChI=1S/C14H20N2O3S/c1-2-8-15-14(19)16-13(18)10-20-9-12(17)11-6-4-3-5-7-11/h3-7,12,17H,2,8-10H2,1H3,(H2,15,16,18,19). The molecule has 20 heavy (non-hydrogen) atoms. The Morgan fingerprint density at radius 3 is 2.65 bits per heavy atom. The lowest BCUT2D eigenvalue weighted by atomic mass is 10.1. The van der Waals surface area contributed by atoms with Crippen LogP contribution in [0.4, 0.5) is 4.79 Å². The number of aliphatic hydroxyl groups excluding tert-OH is 1. The quantitative estimate of drug-likeness (QED) is 0.715. The number of urea groups is 1. The minimum absolute atomic E-state index is 0.142. The lowest BCUT2D eigenvalue weighted by molar-refractivity contribution is -0.117. The number of aliphatic hydroxyl groups is 1. The second-order valence-corrected chi connectivity index (χ2v) is 5.28. The fourth-order valence-electron chi connectivity index (χ4n) is 1.48. The van der Waals surface area contributed by atoms with Gasteiger partial charge in [-0.1, -0.05) is 37.3 Å². The Kier molecular flexibility index (Phi) is 7.75. The SMILES string of the molecule is CCCNC(=O)NC(=O)CSCC(O)c1ccccc1. The number of benzene rings is 1. The molecule has 0 spiro atoms. The molecule has 110 valence electrons. The predicted molar refractivity (Wildman–Crippen MR) is 80.6 cm³/mol. The van der Waals surface area contributed by atoms with E-state index in [1.165, 1.54) is 11.8 Å². The smallest absolute Gasteiger partial charge is 0.321 e. The van der Waals surface area contributed by atoms with Gasteiger partial charge in [-0.25, -0.2) is 4.79 Å². The van der Waals surface area contributed by atoms with Gasteiger partial charge < -0.3 is 10.4 Å². The third-order valence-electron chi connectivity index (χ3n) is 2.48. The Morgan fingerprint density at radius 2 is 2.00 bits per heavy atom. The molecule has 5 nitrogen and oxygen atoms in total. The van der Waals surface area contributed by atoms with Crippen molar-refractivity contribution in [1.29, 1.82) is 0 Å². The molecule has 0 fully saturated rings. The summed E-state index contributed by atoms with van der Waals surface area (Å²) >= 11 is 1.29. The first-order valence-electron chi connectivity index (χ1n) is 6.52. The predicted octanol–water partition coefficient (Wildman–Crippen LogP) is 1.69. The molecule has 0 radical (unpaired) electrons. The normalized spacial score (nSPS) is 11.7. The molecule has 1 rings (SSSR count). The minimum atomic E-state index is -0.608. The summed E-state index contributed by atoms with van der Waals surface area (Å²) in [4.78, 5) is 22.7. The molecule has 1 aromatic carbocycles. The first-order valence-corrected chi connectivity index (χ1v) is 7.67. The number of carbonyl (C=O) groups excluding carboxylic acids is 2. The number of carbonyl (C=O) groups is 2. The molecule has 0 saturated carbocycles. The topological polar surface area (TPSA) is 78.4 Å². The van der Waals surface area contributed by atoms with E-state index < -0.39 is 12.1 Å². The average Bonchev–Trinajstić information content (AvgIpc) is 2.45. The minimum Gasteiger partial charge on any atom is -0.388 e. The Balaban J connectivity index is 2.20. The molecule has 3 N–H and O–H groups in total. The van der Waals surface area contributed by atoms with Crippen LogP contribution in [0.1, 0.15) is 25.0 Å². The molecule has 3 amide bonds. The Hall–Kier alpha value is -1.53. The van der Waals surface area contributed by atoms with Gasteiger partial charge in [0.25, 0.3) is 0 Å². The Bertz CT molecular complexity index is 426. The van der Waals surface area contributed by atoms with Gasteiger partial charge in [-0.2, -0.15) is 0 Å². The molecular formula is C14H20N2O3S. The third kappa shape index (κ3) is 6.58. The van der Waals surface area contributed by atoms with Gasteiger partial charge in [0.2, 0.25) is 5.91 Å². The zero-order valence-electron chi connectivity index (χ0n) is 11.5. The van der Waals surface area contributed by atoms with Crippen molar-refractivity contribution in [2.45, 2.75) is 19.4 Å². The summed E-state index contributed by atoms with van der Waals surface area (Å²) in [7, 11) is 0. The summed E-state index contributed by atoms with van der Waals surface area (Å²) in [5, 5.41) is 14.7. The molecule has 0 aliphatic rings. The van der Waals surface area contributed by atoms with Crippen LogP contribution < -0.4 is 10.6 Å². The largest absolute Gasteiger partial charge is 0.388 e. The molecule has 1 unspecified atom stereocenters. The first kappa shape index (κ1) is 16.5. The number of rotatable bonds is 7. The van der Waals surface area contributed by atoms with Gasteiger partial charge in [0.15, 0.2) is 0 Å². The fraction of sp³-hybridized carbons (Fsp3) is 0.429. The van der Waals surface area contributed by atoms with Crippen molar-refractivity contribution in [1.82, 2.24) is 10.6 Å². The average molecular weight is 296 g/mol. The maximum Gasteiger partial charge on any atom is 0.321 e. The van der Waals surface area contributed by atoms with Gasteiger partial charge in [-0.05, 0) is 12.0 Å². The van der Waals surface area contributed by atoms with Gasteiger partial charge in [0, 0.05) is 12.3 Å². The van der Waals surface area contributed by atoms with Crippen molar-refractivity contribution in [3.05, 3.63) is 35.9 Å². The molecule has 1 atom stereocenters. The molecule has 0 saturated heterocycles. The monoisotopic (exact) mass is 296 g/mol. The van der Waals surface area contributed by atoms with E-state index in [0.717, 1.165) is 12.0 Å². The highest BCUT2D eigenvalue weighted by Gasteiger charge is 2.10. The van der Waals surface area contributed by atoms with E-state index in [4.69, 9.17) is 0 Å². The van der Waals surface area contributed by atoms with Crippen LogP contribution in [0.15, 0.2) is 30.3 Å². The van der Waals surface area contributed by atoms with Gasteiger partial charge in [-0.3, -0.25) is 10.1 Å². The van der Waals surface area contributed by atoms with Gasteiger partial charge in [0.1, 0.15) is 0 Å². The lowest BCUT2D eigenvalue weighted by Gasteiger charge is -2.10. The van der Waals surface area contributed by atoms with Crippen LogP contribution >= 0.6 is 11.8 Å². The number of hydrogen-bond acceptors (Lipinski definition) is 4. The fourth-order valence-corrected chi connectivity index (χ4v) is 2.27. The van der Waals surface area contributed by atoms with Crippen LogP contribution in [0.3, 0.4) is 0 Å². The molecule has 1 aromatic rings. The van der Waals surface area contributed by atoms with Gasteiger partial charge in [-0.15, -0.1) is 11.8 Å². The van der Waals surface area contributed by atoms with E-state index >= 15 is 0 Å². The molecule has 6 heteroatoms. The number of imide groups is 1. The Morgan fingerprint density at radius 1 is 1.30 bits per heavy atom. The summed E-state index contributed by atoms with van der Waals surface area (Å²) in [5.74, 6) is 0.195. The molecule has 0 bridgehead atoms. The van der Waals surface area contributed by atoms with E-state index in [1.54, 1.807) is 0 Å². The summed E-state index contributed by atoms with van der Waals surface area (Å²) < 4.78 is 0. The second-order valence-electron chi connectivity index (χ2n) is 4.25. The van der Waals surface area contributed by atoms with E-state index in [0.29, 0.717) is 12.3 Å². The number of hydrogen-bond donors (Lipinski definition) is 3. The van der Waals surface area contributed by atoms with Crippen molar-refractivity contribution in [3.8, 4) is 0 Å². The number of thioether (sulfide) groups is 1. The van der Waals surface area contributed by atoms with E-state index in [2.05, 4.69) is 10.6 Å². The summed E-state index contributed by atoms with van der Waals surface area (Å²) in [6, 6.07) is 8.79. The number of nitrogens with one attached hydrogen (secondary N) is 2. The van der Waals surface area contributed by atoms with Crippen molar-refractivity contribution in [2.24, 2.45) is 0 Å². The van der Waals surface area contributed by atoms with Crippen LogP contribution in [-0.2, 0) is 4.79 Å². The summed E-state index contributed by atoms with van der Waals surface area (Å²) in [5.41, 5.74) is 0.820. The summed E-state index contributed by atoms with van der Waals surface area (Å²) in [6.45, 7) is 2.47. The maximum atomic E-state index is 11.5. The third-order valence-corrected chi connectivity index (χ3v) is 3.50. The molecular weight excluding hydrogens is 276 g/mol. The van der Waals surface area contributed by atoms with Gasteiger partial charge in [0.05, 0.1) is 11.9 Å². The van der Waals surface area contributed by atoms with Crippen LogP contribution in [0.25, 0.3) is 0 Å². The van der Waals surface area contributed by atoms with E-state index in [9.17, 15) is 14.7 Å². The van der Waals surface area contributed by atoms with Crippen LogP contribution in [0, 0.1) is 0 Å². The maximum absolute atomic E-state index is 11.5. The van der Waals surface area contributed by atoms with E-state index in [1.807, 2.05) is 37.3 Å². The Labute approximate surface area is 123 Å². The highest BCUT2D eigenvalue weighted by molar-refractivity contribution is 7.99. The summed E-state index contributed by atoms with van der Waals surface area (Å²) in [6.07, 6.45) is 0.211. The van der Waals surface area contributed by atoms with Crippen molar-refractivity contribution in [2.75, 3.05) is 18.1 Å². The van der Waals surface area contributed by atoms with Gasteiger partial charge >= 0.3 is 6.03 Å². The zero-order chi connectivity index (χ0) is 14.8. The first-order chi connectivity index (χ1) is 9.63.